The van der Waals surface area contributed by atoms with Gasteiger partial charge in [-0.1, -0.05) is 18.0 Å². The van der Waals surface area contributed by atoms with Crippen LogP contribution in [0.5, 0.6) is 0 Å². The molecular formula is C16H18ClN3O5S3. The van der Waals surface area contributed by atoms with Gasteiger partial charge in [0.25, 0.3) is 10.0 Å². The normalized spacial score (nSPS) is 18.7. The number of carbonyl (C=O) groups is 1. The van der Waals surface area contributed by atoms with E-state index >= 15 is 0 Å². The number of sulfonamides is 2. The lowest BCUT2D eigenvalue weighted by atomic mass is 10.0. The van der Waals surface area contributed by atoms with Crippen LogP contribution in [0.4, 0.5) is 5.69 Å². The molecule has 2 aromatic rings. The van der Waals surface area contributed by atoms with Gasteiger partial charge in [0.05, 0.1) is 9.23 Å². The number of primary sulfonamides is 1. The van der Waals surface area contributed by atoms with E-state index in [1.165, 1.54) is 40.7 Å². The Morgan fingerprint density at radius 3 is 2.36 bits per heavy atom. The number of amides is 1. The summed E-state index contributed by atoms with van der Waals surface area (Å²) in [5.74, 6) is -0.478. The van der Waals surface area contributed by atoms with Crippen molar-refractivity contribution in [1.29, 1.82) is 0 Å². The summed E-state index contributed by atoms with van der Waals surface area (Å²) in [4.78, 5) is 12.7. The van der Waals surface area contributed by atoms with Gasteiger partial charge in [0.15, 0.2) is 0 Å². The predicted octanol–water partition coefficient (Wildman–Crippen LogP) is 2.23. The summed E-state index contributed by atoms with van der Waals surface area (Å²) in [6, 6.07) is 7.42. The second-order valence-corrected chi connectivity index (χ2v) is 11.6. The average Bonchev–Trinajstić information content (AvgIpc) is 3.08. The number of hydrogen-bond donors (Lipinski definition) is 2. The van der Waals surface area contributed by atoms with Crippen LogP contribution in [-0.2, 0) is 24.8 Å². The van der Waals surface area contributed by atoms with E-state index in [0.717, 1.165) is 17.8 Å². The largest absolute Gasteiger partial charge is 0.325 e. The number of nitrogens with one attached hydrogen (secondary N) is 1. The van der Waals surface area contributed by atoms with Gasteiger partial charge in [0.1, 0.15) is 10.3 Å². The molecule has 3 N–H and O–H groups in total. The lowest BCUT2D eigenvalue weighted by Crippen LogP contribution is -2.49. The van der Waals surface area contributed by atoms with Crippen LogP contribution < -0.4 is 10.5 Å². The number of halogens is 1. The summed E-state index contributed by atoms with van der Waals surface area (Å²) in [6.07, 6.45) is 1.77. The van der Waals surface area contributed by atoms with Crippen molar-refractivity contribution in [1.82, 2.24) is 4.31 Å². The number of carbonyl (C=O) groups excluding carboxylic acids is 1. The Hall–Kier alpha value is -1.50. The molecule has 1 fully saturated rings. The van der Waals surface area contributed by atoms with Crippen LogP contribution in [-0.4, -0.2) is 39.6 Å². The van der Waals surface area contributed by atoms with Crippen LogP contribution in [0.1, 0.15) is 19.3 Å². The molecule has 1 amide bonds. The van der Waals surface area contributed by atoms with E-state index in [1.54, 1.807) is 0 Å². The van der Waals surface area contributed by atoms with Gasteiger partial charge < -0.3 is 5.32 Å². The molecule has 0 aliphatic carbocycles. The molecule has 1 aromatic carbocycles. The van der Waals surface area contributed by atoms with Crippen LogP contribution in [0.15, 0.2) is 45.5 Å². The fourth-order valence-electron chi connectivity index (χ4n) is 2.96. The minimum Gasteiger partial charge on any atom is -0.325 e. The quantitative estimate of drug-likeness (QED) is 0.702. The molecule has 2 heterocycles. The number of thiophene rings is 1. The molecule has 0 saturated carbocycles. The monoisotopic (exact) mass is 463 g/mol. The summed E-state index contributed by atoms with van der Waals surface area (Å²) in [5, 5.41) is 7.70. The Morgan fingerprint density at radius 1 is 1.11 bits per heavy atom. The molecule has 0 radical (unpaired) electrons. The lowest BCUT2D eigenvalue weighted by Gasteiger charge is -2.33. The Balaban J connectivity index is 1.81. The Labute approximate surface area is 172 Å². The summed E-state index contributed by atoms with van der Waals surface area (Å²) in [5.41, 5.74) is 0.347. The van der Waals surface area contributed by atoms with Gasteiger partial charge in [-0.25, -0.2) is 22.0 Å². The highest BCUT2D eigenvalue weighted by Crippen LogP contribution is 2.32. The molecule has 0 spiro atoms. The van der Waals surface area contributed by atoms with E-state index in [-0.39, 0.29) is 15.6 Å². The first-order chi connectivity index (χ1) is 13.1. The number of benzene rings is 1. The van der Waals surface area contributed by atoms with Gasteiger partial charge >= 0.3 is 0 Å². The maximum Gasteiger partial charge on any atom is 0.253 e. The van der Waals surface area contributed by atoms with Crippen molar-refractivity contribution < 1.29 is 21.6 Å². The van der Waals surface area contributed by atoms with E-state index < -0.39 is 32.0 Å². The topological polar surface area (TPSA) is 127 Å². The van der Waals surface area contributed by atoms with Crippen molar-refractivity contribution in [3.63, 3.8) is 0 Å². The smallest absolute Gasteiger partial charge is 0.253 e. The van der Waals surface area contributed by atoms with E-state index in [1.807, 2.05) is 0 Å². The van der Waals surface area contributed by atoms with Gasteiger partial charge in [0.2, 0.25) is 15.9 Å². The predicted molar refractivity (Wildman–Crippen MR) is 107 cm³/mol. The molecule has 0 bridgehead atoms. The van der Waals surface area contributed by atoms with Crippen molar-refractivity contribution >= 4 is 54.6 Å². The van der Waals surface area contributed by atoms with Crippen LogP contribution in [0.25, 0.3) is 0 Å². The van der Waals surface area contributed by atoms with Crippen LogP contribution in [0.2, 0.25) is 4.34 Å². The summed E-state index contributed by atoms with van der Waals surface area (Å²) in [7, 11) is -7.68. The van der Waals surface area contributed by atoms with Crippen LogP contribution in [0.3, 0.4) is 0 Å². The van der Waals surface area contributed by atoms with Crippen molar-refractivity contribution in [2.24, 2.45) is 5.14 Å². The molecular weight excluding hydrogens is 446 g/mol. The maximum absolute atomic E-state index is 12.9. The number of hydrogen-bond acceptors (Lipinski definition) is 6. The highest BCUT2D eigenvalue weighted by molar-refractivity contribution is 7.91. The number of nitrogens with zero attached hydrogens (tertiary/aromatic N) is 1. The first-order valence-corrected chi connectivity index (χ1v) is 12.5. The molecule has 3 rings (SSSR count). The van der Waals surface area contributed by atoms with Crippen LogP contribution >= 0.6 is 22.9 Å². The molecule has 1 unspecified atom stereocenters. The van der Waals surface area contributed by atoms with Crippen molar-refractivity contribution in [3.05, 3.63) is 40.7 Å². The Morgan fingerprint density at radius 2 is 1.79 bits per heavy atom. The average molecular weight is 464 g/mol. The zero-order chi connectivity index (χ0) is 20.5. The Bertz CT molecular complexity index is 1080. The molecule has 12 heteroatoms. The van der Waals surface area contributed by atoms with E-state index in [2.05, 4.69) is 5.32 Å². The molecule has 8 nitrogen and oxygen atoms in total. The summed E-state index contributed by atoms with van der Waals surface area (Å²) in [6.45, 7) is 0.236. The summed E-state index contributed by atoms with van der Waals surface area (Å²) >= 11 is 6.81. The second kappa shape index (κ2) is 8.09. The molecule has 1 aliphatic heterocycles. The molecule has 1 aromatic heterocycles. The van der Waals surface area contributed by atoms with E-state index in [9.17, 15) is 21.6 Å². The second-order valence-electron chi connectivity index (χ2n) is 6.24. The Kier molecular flexibility index (Phi) is 6.13. The molecule has 152 valence electrons. The minimum atomic E-state index is -3.84. The number of rotatable bonds is 5. The van der Waals surface area contributed by atoms with Gasteiger partial charge in [-0.2, -0.15) is 4.31 Å². The molecule has 1 atom stereocenters. The third-order valence-electron chi connectivity index (χ3n) is 4.32. The first-order valence-electron chi connectivity index (χ1n) is 8.30. The van der Waals surface area contributed by atoms with Gasteiger partial charge in [-0.05, 0) is 49.2 Å². The fraction of sp³-hybridized carbons (Fsp3) is 0.312. The van der Waals surface area contributed by atoms with Gasteiger partial charge in [0, 0.05) is 12.2 Å². The molecule has 28 heavy (non-hydrogen) atoms. The maximum atomic E-state index is 12.9. The first kappa shape index (κ1) is 21.2. The number of nitrogens with two attached hydrogens (primary N) is 1. The van der Waals surface area contributed by atoms with Crippen molar-refractivity contribution in [2.45, 2.75) is 34.4 Å². The fourth-order valence-corrected chi connectivity index (χ4v) is 6.74. The zero-order valence-corrected chi connectivity index (χ0v) is 17.7. The van der Waals surface area contributed by atoms with Crippen molar-refractivity contribution in [3.8, 4) is 0 Å². The third kappa shape index (κ3) is 4.56. The van der Waals surface area contributed by atoms with Crippen LogP contribution in [0, 0.1) is 0 Å². The van der Waals surface area contributed by atoms with E-state index in [4.69, 9.17) is 16.7 Å². The van der Waals surface area contributed by atoms with E-state index in [0.29, 0.717) is 22.9 Å². The standard InChI is InChI=1S/C16H18ClN3O5S3/c17-14-8-9-15(26-14)28(24,25)20-10-2-1-3-13(20)16(21)19-11-4-6-12(7-5-11)27(18,22)23/h4-9,13H,1-3,10H2,(H,19,21)(H2,18,22,23). The van der Waals surface area contributed by atoms with Gasteiger partial charge in [-0.3, -0.25) is 4.79 Å². The number of anilines is 1. The summed E-state index contributed by atoms with van der Waals surface area (Å²) < 4.78 is 50.2. The third-order valence-corrected chi connectivity index (χ3v) is 8.85. The zero-order valence-electron chi connectivity index (χ0n) is 14.5. The minimum absolute atomic E-state index is 0.0815. The highest BCUT2D eigenvalue weighted by Gasteiger charge is 2.38. The number of piperidine rings is 1. The van der Waals surface area contributed by atoms with Crippen molar-refractivity contribution in [2.75, 3.05) is 11.9 Å². The van der Waals surface area contributed by atoms with Gasteiger partial charge in [-0.15, -0.1) is 11.3 Å². The molecule has 1 saturated heterocycles. The lowest BCUT2D eigenvalue weighted by molar-refractivity contribution is -0.120. The SMILES string of the molecule is NS(=O)(=O)c1ccc(NC(=O)C2CCCCN2S(=O)(=O)c2ccc(Cl)s2)cc1. The highest BCUT2D eigenvalue weighted by atomic mass is 35.5. The molecule has 1 aliphatic rings.